The molecule has 1 N–H and O–H groups in total. The summed E-state index contributed by atoms with van der Waals surface area (Å²) in [7, 11) is 0. The van der Waals surface area contributed by atoms with E-state index in [4.69, 9.17) is 16.3 Å². The number of fused-ring (bicyclic) bond motifs is 1. The molecule has 2 aliphatic rings. The minimum atomic E-state index is -0.374. The molecule has 0 aliphatic carbocycles. The molecule has 1 amide bonds. The van der Waals surface area contributed by atoms with Crippen LogP contribution in [0.2, 0.25) is 5.02 Å². The molecule has 0 spiro atoms. The van der Waals surface area contributed by atoms with Crippen LogP contribution >= 0.6 is 11.6 Å². The molecule has 1 unspecified atom stereocenters. The van der Waals surface area contributed by atoms with Crippen molar-refractivity contribution in [2.75, 3.05) is 5.01 Å². The normalized spacial score (nSPS) is 18.3. The molecule has 0 saturated heterocycles. The molecule has 1 atom stereocenters. The lowest BCUT2D eigenvalue weighted by molar-refractivity contribution is -0.116. The summed E-state index contributed by atoms with van der Waals surface area (Å²) >= 11 is 6.00. The van der Waals surface area contributed by atoms with E-state index >= 15 is 0 Å². The van der Waals surface area contributed by atoms with Crippen LogP contribution in [-0.4, -0.2) is 22.7 Å². The second-order valence-electron chi connectivity index (χ2n) is 6.90. The number of phenolic OH excluding ortho intramolecular Hbond substituents is 1. The number of benzene rings is 2. The van der Waals surface area contributed by atoms with Gasteiger partial charge in [0.25, 0.3) is 5.91 Å². The number of esters is 1. The summed E-state index contributed by atoms with van der Waals surface area (Å²) < 4.78 is 5.47. The summed E-state index contributed by atoms with van der Waals surface area (Å²) in [6.45, 7) is 2.09. The number of amides is 1. The minimum absolute atomic E-state index is 0.00842. The predicted molar refractivity (Wildman–Crippen MR) is 106 cm³/mol. The van der Waals surface area contributed by atoms with Gasteiger partial charge in [-0.2, -0.15) is 5.10 Å². The molecule has 0 saturated carbocycles. The lowest BCUT2D eigenvalue weighted by Gasteiger charge is -2.13. The summed E-state index contributed by atoms with van der Waals surface area (Å²) in [4.78, 5) is 24.8. The highest BCUT2D eigenvalue weighted by molar-refractivity contribution is 6.31. The zero-order valence-corrected chi connectivity index (χ0v) is 16.1. The Kier molecular flexibility index (Phi) is 4.81. The Hall–Kier alpha value is -2.86. The van der Waals surface area contributed by atoms with Crippen LogP contribution in [0.25, 0.3) is 0 Å². The molecule has 0 aromatic heterocycles. The first-order chi connectivity index (χ1) is 13.5. The average Bonchev–Trinajstić information content (AvgIpc) is 3.22. The number of nitrogens with zero attached hydrogens (tertiary/aromatic N) is 2. The molecule has 0 radical (unpaired) electrons. The number of carbonyl (C=O) groups is 2. The zero-order chi connectivity index (χ0) is 19.8. The van der Waals surface area contributed by atoms with Gasteiger partial charge in [0.2, 0.25) is 0 Å². The van der Waals surface area contributed by atoms with E-state index in [-0.39, 0.29) is 30.2 Å². The Morgan fingerprint density at radius 2 is 2.04 bits per heavy atom. The molecule has 28 heavy (non-hydrogen) atoms. The quantitative estimate of drug-likeness (QED) is 0.747. The highest BCUT2D eigenvalue weighted by Gasteiger charge is 2.33. The Labute approximate surface area is 167 Å². The Morgan fingerprint density at radius 1 is 1.21 bits per heavy atom. The monoisotopic (exact) mass is 398 g/mol. The molecule has 2 aliphatic heterocycles. The van der Waals surface area contributed by atoms with Crippen LogP contribution < -0.4 is 5.01 Å². The van der Waals surface area contributed by atoms with E-state index in [1.807, 2.05) is 6.07 Å². The van der Waals surface area contributed by atoms with Crippen LogP contribution in [0.4, 0.5) is 5.69 Å². The SMILES string of the molecule is CCCCC1OC(=O)c2cc(N3N=C(c4cc(Cl)ccc4O)CC3=O)ccc21. The van der Waals surface area contributed by atoms with Crippen molar-refractivity contribution in [2.45, 2.75) is 38.7 Å². The minimum Gasteiger partial charge on any atom is -0.507 e. The van der Waals surface area contributed by atoms with Crippen LogP contribution in [0.3, 0.4) is 0 Å². The lowest BCUT2D eigenvalue weighted by atomic mass is 10.0. The van der Waals surface area contributed by atoms with Gasteiger partial charge in [0.05, 0.1) is 23.4 Å². The fourth-order valence-corrected chi connectivity index (χ4v) is 3.69. The van der Waals surface area contributed by atoms with Crippen molar-refractivity contribution in [1.29, 1.82) is 0 Å². The molecule has 2 aromatic rings. The highest BCUT2D eigenvalue weighted by Crippen LogP contribution is 2.37. The van der Waals surface area contributed by atoms with Crippen molar-refractivity contribution in [3.05, 3.63) is 58.1 Å². The van der Waals surface area contributed by atoms with Gasteiger partial charge < -0.3 is 9.84 Å². The third-order valence-corrected chi connectivity index (χ3v) is 5.20. The topological polar surface area (TPSA) is 79.2 Å². The number of anilines is 1. The van der Waals surface area contributed by atoms with Gasteiger partial charge in [-0.1, -0.05) is 31.0 Å². The number of aromatic hydroxyl groups is 1. The van der Waals surface area contributed by atoms with Gasteiger partial charge >= 0.3 is 5.97 Å². The first kappa shape index (κ1) is 18.5. The van der Waals surface area contributed by atoms with Gasteiger partial charge in [0.1, 0.15) is 11.9 Å². The van der Waals surface area contributed by atoms with E-state index in [2.05, 4.69) is 12.0 Å². The first-order valence-corrected chi connectivity index (χ1v) is 9.60. The number of hydrogen-bond acceptors (Lipinski definition) is 5. The summed E-state index contributed by atoms with van der Waals surface area (Å²) in [5, 5.41) is 16.1. The first-order valence-electron chi connectivity index (χ1n) is 9.22. The largest absolute Gasteiger partial charge is 0.507 e. The number of cyclic esters (lactones) is 1. The molecule has 4 rings (SSSR count). The van der Waals surface area contributed by atoms with Crippen LogP contribution in [0, 0.1) is 0 Å². The van der Waals surface area contributed by atoms with Crippen molar-refractivity contribution in [1.82, 2.24) is 0 Å². The van der Waals surface area contributed by atoms with E-state index < -0.39 is 0 Å². The number of rotatable bonds is 5. The predicted octanol–water partition coefficient (Wildman–Crippen LogP) is 4.59. The van der Waals surface area contributed by atoms with Gasteiger partial charge in [0, 0.05) is 16.1 Å². The standard InChI is InChI=1S/C21H19ClN2O4/c1-2-3-4-19-14-7-6-13(10-15(14)21(27)28-19)24-20(26)11-17(23-24)16-9-12(22)5-8-18(16)25/h5-10,19,25H,2-4,11H2,1H3. The molecule has 0 fully saturated rings. The zero-order valence-electron chi connectivity index (χ0n) is 15.3. The summed E-state index contributed by atoms with van der Waals surface area (Å²) in [6, 6.07) is 9.85. The van der Waals surface area contributed by atoms with E-state index in [0.29, 0.717) is 27.5 Å². The van der Waals surface area contributed by atoms with Crippen molar-refractivity contribution in [3.63, 3.8) is 0 Å². The van der Waals surface area contributed by atoms with Gasteiger partial charge in [0.15, 0.2) is 0 Å². The van der Waals surface area contributed by atoms with E-state index in [1.54, 1.807) is 24.3 Å². The Morgan fingerprint density at radius 3 is 2.82 bits per heavy atom. The smallest absolute Gasteiger partial charge is 0.339 e. The maximum Gasteiger partial charge on any atom is 0.339 e. The third-order valence-electron chi connectivity index (χ3n) is 4.96. The third kappa shape index (κ3) is 3.24. The van der Waals surface area contributed by atoms with Crippen molar-refractivity contribution < 1.29 is 19.4 Å². The van der Waals surface area contributed by atoms with Gasteiger partial charge in [-0.25, -0.2) is 9.80 Å². The van der Waals surface area contributed by atoms with Crippen LogP contribution in [-0.2, 0) is 9.53 Å². The molecule has 0 bridgehead atoms. The number of hydrazone groups is 1. The molecular formula is C21H19ClN2O4. The molecular weight excluding hydrogens is 380 g/mol. The van der Waals surface area contributed by atoms with E-state index in [0.717, 1.165) is 24.8 Å². The van der Waals surface area contributed by atoms with Crippen molar-refractivity contribution in [2.24, 2.45) is 5.10 Å². The number of ether oxygens (including phenoxy) is 1. The number of phenols is 1. The fourth-order valence-electron chi connectivity index (χ4n) is 3.51. The van der Waals surface area contributed by atoms with E-state index in [1.165, 1.54) is 11.1 Å². The molecule has 2 heterocycles. The Bertz CT molecular complexity index is 1000. The number of carbonyl (C=O) groups excluding carboxylic acids is 2. The summed E-state index contributed by atoms with van der Waals surface area (Å²) in [5.74, 6) is -0.612. The lowest BCUT2D eigenvalue weighted by Crippen LogP contribution is -2.19. The van der Waals surface area contributed by atoms with Crippen molar-refractivity contribution in [3.8, 4) is 5.75 Å². The number of unbranched alkanes of at least 4 members (excludes halogenated alkanes) is 1. The second-order valence-corrected chi connectivity index (χ2v) is 7.33. The fraction of sp³-hybridized carbons (Fsp3) is 0.286. The highest BCUT2D eigenvalue weighted by atomic mass is 35.5. The molecule has 6 nitrogen and oxygen atoms in total. The molecule has 7 heteroatoms. The van der Waals surface area contributed by atoms with Crippen LogP contribution in [0.5, 0.6) is 5.75 Å². The molecule has 144 valence electrons. The molecule has 2 aromatic carbocycles. The van der Waals surface area contributed by atoms with Crippen LogP contribution in [0.15, 0.2) is 41.5 Å². The van der Waals surface area contributed by atoms with E-state index in [9.17, 15) is 14.7 Å². The number of halogens is 1. The number of hydrogen-bond donors (Lipinski definition) is 1. The summed E-state index contributed by atoms with van der Waals surface area (Å²) in [5.41, 5.74) is 2.66. The average molecular weight is 399 g/mol. The van der Waals surface area contributed by atoms with Gasteiger partial charge in [-0.15, -0.1) is 0 Å². The van der Waals surface area contributed by atoms with Gasteiger partial charge in [-0.3, -0.25) is 4.79 Å². The van der Waals surface area contributed by atoms with Crippen LogP contribution in [0.1, 0.15) is 60.2 Å². The Balaban J connectivity index is 1.65. The maximum atomic E-state index is 12.5. The second kappa shape index (κ2) is 7.28. The van der Waals surface area contributed by atoms with Gasteiger partial charge in [-0.05, 0) is 43.2 Å². The summed E-state index contributed by atoms with van der Waals surface area (Å²) in [6.07, 6.45) is 2.59. The maximum absolute atomic E-state index is 12.5. The van der Waals surface area contributed by atoms with Crippen molar-refractivity contribution >= 4 is 34.9 Å².